The Hall–Kier alpha value is -3.17. The molecule has 3 nitrogen and oxygen atoms in total. The fraction of sp³-hybridized carbons (Fsp3) is 0. The zero-order chi connectivity index (χ0) is 18.1. The first-order valence-electron chi connectivity index (χ1n) is 8.05. The van der Waals surface area contributed by atoms with Gasteiger partial charge in [-0.2, -0.15) is 0 Å². The van der Waals surface area contributed by atoms with Gasteiger partial charge in [0.25, 0.3) is 0 Å². The second kappa shape index (κ2) is 6.62. The highest BCUT2D eigenvalue weighted by Crippen LogP contribution is 2.25. The Labute approximate surface area is 154 Å². The average molecular weight is 361 g/mol. The number of rotatable bonds is 3. The molecule has 0 bridgehead atoms. The molecule has 0 saturated carbocycles. The zero-order valence-electron chi connectivity index (χ0n) is 13.6. The Kier molecular flexibility index (Phi) is 4.15. The van der Waals surface area contributed by atoms with Crippen molar-refractivity contribution in [1.29, 1.82) is 0 Å². The normalized spacial score (nSPS) is 11.4. The Morgan fingerprint density at radius 1 is 0.923 bits per heavy atom. The van der Waals surface area contributed by atoms with E-state index in [2.05, 4.69) is 0 Å². The van der Waals surface area contributed by atoms with Crippen LogP contribution in [0.2, 0.25) is 5.02 Å². The molecule has 0 spiro atoms. The van der Waals surface area contributed by atoms with E-state index in [1.165, 1.54) is 6.08 Å². The number of carbonyl (C=O) groups is 1. The van der Waals surface area contributed by atoms with Gasteiger partial charge >= 0.3 is 5.63 Å². The summed E-state index contributed by atoms with van der Waals surface area (Å²) in [4.78, 5) is 24.7. The molecule has 4 heteroatoms. The number of hydrogen-bond donors (Lipinski definition) is 0. The van der Waals surface area contributed by atoms with Crippen LogP contribution < -0.4 is 5.63 Å². The van der Waals surface area contributed by atoms with Gasteiger partial charge in [-0.15, -0.1) is 0 Å². The minimum atomic E-state index is -0.640. The van der Waals surface area contributed by atoms with E-state index in [9.17, 15) is 9.59 Å². The first kappa shape index (κ1) is 16.3. The Balaban J connectivity index is 1.79. The van der Waals surface area contributed by atoms with Crippen molar-refractivity contribution in [2.24, 2.45) is 0 Å². The van der Waals surface area contributed by atoms with Gasteiger partial charge in [-0.25, -0.2) is 4.79 Å². The third-order valence-corrected chi connectivity index (χ3v) is 4.46. The lowest BCUT2D eigenvalue weighted by Gasteiger charge is -2.04. The van der Waals surface area contributed by atoms with E-state index in [1.54, 1.807) is 42.5 Å². The molecule has 0 amide bonds. The maximum Gasteiger partial charge on any atom is 0.347 e. The molecule has 4 aromatic rings. The predicted octanol–water partition coefficient (Wildman–Crippen LogP) is 5.50. The third kappa shape index (κ3) is 3.05. The fourth-order valence-electron chi connectivity index (χ4n) is 2.88. The van der Waals surface area contributed by atoms with Gasteiger partial charge in [-0.05, 0) is 46.7 Å². The maximum atomic E-state index is 12.5. The molecular formula is C22H13ClO3. The van der Waals surface area contributed by atoms with Crippen LogP contribution in [0.5, 0.6) is 0 Å². The molecular weight excluding hydrogens is 348 g/mol. The lowest BCUT2D eigenvalue weighted by Crippen LogP contribution is -2.12. The predicted molar refractivity (Wildman–Crippen MR) is 105 cm³/mol. The van der Waals surface area contributed by atoms with Crippen LogP contribution in [0.3, 0.4) is 0 Å². The van der Waals surface area contributed by atoms with E-state index >= 15 is 0 Å². The molecule has 0 fully saturated rings. The van der Waals surface area contributed by atoms with Crippen molar-refractivity contribution < 1.29 is 9.21 Å². The standard InChI is InChI=1S/C22H13ClO3/c23-16-9-5-14(6-10-16)7-11-20(24)19-13-18-17-4-2-1-3-15(17)8-12-21(18)26-22(19)25/h1-13H/b11-7+. The van der Waals surface area contributed by atoms with E-state index in [-0.39, 0.29) is 5.56 Å². The van der Waals surface area contributed by atoms with Crippen molar-refractivity contribution in [1.82, 2.24) is 0 Å². The highest BCUT2D eigenvalue weighted by atomic mass is 35.5. The van der Waals surface area contributed by atoms with Gasteiger partial charge in [0.05, 0.1) is 0 Å². The van der Waals surface area contributed by atoms with E-state index in [4.69, 9.17) is 16.0 Å². The van der Waals surface area contributed by atoms with E-state index < -0.39 is 11.4 Å². The summed E-state index contributed by atoms with van der Waals surface area (Å²) < 4.78 is 5.36. The third-order valence-electron chi connectivity index (χ3n) is 4.20. The van der Waals surface area contributed by atoms with Crippen LogP contribution in [0.1, 0.15) is 15.9 Å². The lowest BCUT2D eigenvalue weighted by atomic mass is 10.0. The Morgan fingerprint density at radius 2 is 1.69 bits per heavy atom. The lowest BCUT2D eigenvalue weighted by molar-refractivity contribution is 0.104. The van der Waals surface area contributed by atoms with Crippen molar-refractivity contribution >= 4 is 45.2 Å². The van der Waals surface area contributed by atoms with Crippen LogP contribution >= 0.6 is 11.6 Å². The van der Waals surface area contributed by atoms with Gasteiger partial charge in [-0.1, -0.05) is 60.1 Å². The number of hydrogen-bond acceptors (Lipinski definition) is 3. The van der Waals surface area contributed by atoms with Crippen molar-refractivity contribution in [3.63, 3.8) is 0 Å². The summed E-state index contributed by atoms with van der Waals surface area (Å²) in [5.74, 6) is -0.400. The molecule has 0 unspecified atom stereocenters. The van der Waals surface area contributed by atoms with E-state index in [0.29, 0.717) is 10.6 Å². The molecule has 1 heterocycles. The second-order valence-electron chi connectivity index (χ2n) is 5.90. The molecule has 126 valence electrons. The monoisotopic (exact) mass is 360 g/mol. The van der Waals surface area contributed by atoms with Gasteiger partial charge in [0.2, 0.25) is 0 Å². The van der Waals surface area contributed by atoms with Crippen LogP contribution in [0.15, 0.2) is 82.0 Å². The minimum absolute atomic E-state index is 0.0130. The second-order valence-corrected chi connectivity index (χ2v) is 6.33. The summed E-state index contributed by atoms with van der Waals surface area (Å²) in [5.41, 5.74) is 0.655. The van der Waals surface area contributed by atoms with Crippen molar-refractivity contribution in [2.45, 2.75) is 0 Å². The fourth-order valence-corrected chi connectivity index (χ4v) is 3.00. The van der Waals surface area contributed by atoms with Gasteiger partial charge in [0.15, 0.2) is 5.78 Å². The van der Waals surface area contributed by atoms with Crippen LogP contribution in [-0.4, -0.2) is 5.78 Å². The quantitative estimate of drug-likeness (QED) is 0.210. The molecule has 0 saturated heterocycles. The molecule has 0 aliphatic heterocycles. The summed E-state index contributed by atoms with van der Waals surface area (Å²) in [7, 11) is 0. The molecule has 26 heavy (non-hydrogen) atoms. The van der Waals surface area contributed by atoms with Crippen LogP contribution in [0.4, 0.5) is 0 Å². The summed E-state index contributed by atoms with van der Waals surface area (Å²) in [6, 6.07) is 20.1. The van der Waals surface area contributed by atoms with Crippen LogP contribution in [0, 0.1) is 0 Å². The summed E-state index contributed by atoms with van der Waals surface area (Å²) in [6.45, 7) is 0. The molecule has 3 aromatic carbocycles. The number of benzene rings is 3. The van der Waals surface area contributed by atoms with Crippen LogP contribution in [-0.2, 0) is 0 Å². The zero-order valence-corrected chi connectivity index (χ0v) is 14.4. The largest absolute Gasteiger partial charge is 0.422 e. The van der Waals surface area contributed by atoms with Crippen molar-refractivity contribution in [2.75, 3.05) is 0 Å². The first-order chi connectivity index (χ1) is 12.6. The number of carbonyl (C=O) groups excluding carboxylic acids is 1. The SMILES string of the molecule is O=C(/C=C/c1ccc(Cl)cc1)c1cc2c(ccc3ccccc32)oc1=O. The molecule has 0 atom stereocenters. The van der Waals surface area contributed by atoms with Crippen molar-refractivity contribution in [3.8, 4) is 0 Å². The molecule has 0 aliphatic rings. The molecule has 1 aromatic heterocycles. The number of ketones is 1. The first-order valence-corrected chi connectivity index (χ1v) is 8.43. The minimum Gasteiger partial charge on any atom is -0.422 e. The Morgan fingerprint density at radius 3 is 2.50 bits per heavy atom. The maximum absolute atomic E-state index is 12.5. The smallest absolute Gasteiger partial charge is 0.347 e. The molecule has 0 radical (unpaired) electrons. The van der Waals surface area contributed by atoms with Gasteiger partial charge in [0, 0.05) is 10.4 Å². The Bertz CT molecular complexity index is 1220. The number of allylic oxidation sites excluding steroid dienone is 1. The summed E-state index contributed by atoms with van der Waals surface area (Å²) in [5, 5.41) is 3.31. The van der Waals surface area contributed by atoms with Gasteiger partial charge in [0.1, 0.15) is 11.1 Å². The molecule has 0 aliphatic carbocycles. The highest BCUT2D eigenvalue weighted by Gasteiger charge is 2.13. The topological polar surface area (TPSA) is 47.3 Å². The van der Waals surface area contributed by atoms with Gasteiger partial charge < -0.3 is 4.42 Å². The average Bonchev–Trinajstić information content (AvgIpc) is 2.66. The highest BCUT2D eigenvalue weighted by molar-refractivity contribution is 6.30. The molecule has 0 N–H and O–H groups in total. The van der Waals surface area contributed by atoms with Crippen LogP contribution in [0.25, 0.3) is 27.8 Å². The summed E-state index contributed by atoms with van der Waals surface area (Å²) in [6.07, 6.45) is 3.01. The number of fused-ring (bicyclic) bond motifs is 3. The summed E-state index contributed by atoms with van der Waals surface area (Å²) >= 11 is 5.85. The van der Waals surface area contributed by atoms with E-state index in [1.807, 2.05) is 30.3 Å². The van der Waals surface area contributed by atoms with Gasteiger partial charge in [-0.3, -0.25) is 4.79 Å². The van der Waals surface area contributed by atoms with E-state index in [0.717, 1.165) is 21.7 Å². The molecule has 4 rings (SSSR count). The van der Waals surface area contributed by atoms with Crippen molar-refractivity contribution in [3.05, 3.63) is 99.4 Å². The number of halogens is 1.